The maximum atomic E-state index is 13.9. The average molecular weight is 769 g/mol. The summed E-state index contributed by atoms with van der Waals surface area (Å²) in [5.74, 6) is -3.72. The van der Waals surface area contributed by atoms with Crippen LogP contribution < -0.4 is 33.2 Å². The Morgan fingerprint density at radius 3 is 2.36 bits per heavy atom. The zero-order valence-corrected chi connectivity index (χ0v) is 31.5. The number of fused-ring (bicyclic) bond motifs is 1. The fourth-order valence-electron chi connectivity index (χ4n) is 7.01. The van der Waals surface area contributed by atoms with Crippen LogP contribution in [0.1, 0.15) is 55.8 Å². The fraction of sp³-hybridized carbons (Fsp3) is 0.425. The molecule has 16 nitrogen and oxygen atoms in total. The highest BCUT2D eigenvalue weighted by molar-refractivity contribution is 5.95. The monoisotopic (exact) mass is 768 g/mol. The summed E-state index contributed by atoms with van der Waals surface area (Å²) in [5, 5.41) is 9.36. The highest BCUT2D eigenvalue weighted by atomic mass is 16.2. The van der Waals surface area contributed by atoms with Crippen molar-refractivity contribution in [2.75, 3.05) is 13.1 Å². The second-order valence-electron chi connectivity index (χ2n) is 14.5. The standard InChI is InChI=1S/C40H52N10O6/c1-24(15-35(51)33(17-26-20-45-31-12-6-5-11-29(26)31)49-39(55)30(42)18-27-21-44-23-46-27)38(54)47-28-19-36(52)50(22-28)34(16-25-9-3-2-4-10-25)40(56)48-32(37(43)53)13-7-8-14-41/h2-6,9-12,20-21,23-24,28,30,32-34,45H,7-8,13-19,22,41-42H2,1H3,(H2,43,53)(H,44,46)(H,47,54)(H,48,56)(H,49,55)/t24-,28-,30+,32+,33-,34-/m1/s1. The van der Waals surface area contributed by atoms with Crippen LogP contribution in [0.3, 0.4) is 0 Å². The van der Waals surface area contributed by atoms with Gasteiger partial charge in [0.2, 0.25) is 29.5 Å². The van der Waals surface area contributed by atoms with Crippen LogP contribution in [0.25, 0.3) is 10.9 Å². The number of H-pyrrole nitrogens is 2. The van der Waals surface area contributed by atoms with Crippen molar-refractivity contribution in [1.29, 1.82) is 0 Å². The van der Waals surface area contributed by atoms with Gasteiger partial charge < -0.3 is 48.0 Å². The van der Waals surface area contributed by atoms with E-state index in [1.54, 1.807) is 19.3 Å². The second kappa shape index (κ2) is 19.6. The summed E-state index contributed by atoms with van der Waals surface area (Å²) in [5.41, 5.74) is 20.6. The average Bonchev–Trinajstić information content (AvgIpc) is 3.94. The molecule has 5 amide bonds. The van der Waals surface area contributed by atoms with E-state index in [0.717, 1.165) is 22.0 Å². The van der Waals surface area contributed by atoms with Gasteiger partial charge >= 0.3 is 0 Å². The summed E-state index contributed by atoms with van der Waals surface area (Å²) in [6.07, 6.45) is 6.67. The lowest BCUT2D eigenvalue weighted by Gasteiger charge is -2.29. The van der Waals surface area contributed by atoms with Crippen LogP contribution in [-0.4, -0.2) is 98.5 Å². The molecule has 1 saturated heterocycles. The van der Waals surface area contributed by atoms with Gasteiger partial charge in [-0.15, -0.1) is 0 Å². The molecule has 4 aromatic rings. The van der Waals surface area contributed by atoms with E-state index in [-0.39, 0.29) is 50.3 Å². The van der Waals surface area contributed by atoms with Crippen LogP contribution in [0.2, 0.25) is 0 Å². The van der Waals surface area contributed by atoms with Crippen molar-refractivity contribution < 1.29 is 28.8 Å². The van der Waals surface area contributed by atoms with Crippen molar-refractivity contribution in [3.63, 3.8) is 0 Å². The van der Waals surface area contributed by atoms with Crippen LogP contribution >= 0.6 is 0 Å². The molecule has 2 aromatic heterocycles. The Morgan fingerprint density at radius 1 is 0.911 bits per heavy atom. The number of ketones is 1. The van der Waals surface area contributed by atoms with Gasteiger partial charge in [-0.2, -0.15) is 0 Å². The molecule has 5 rings (SSSR count). The van der Waals surface area contributed by atoms with Crippen molar-refractivity contribution in [2.45, 2.75) is 88.5 Å². The summed E-state index contributed by atoms with van der Waals surface area (Å²) in [6, 6.07) is 12.3. The molecule has 0 radical (unpaired) electrons. The molecule has 1 aliphatic rings. The number of primary amides is 1. The number of aromatic amines is 2. The molecule has 16 heteroatoms. The molecule has 0 spiro atoms. The normalized spacial score (nSPS) is 16.8. The van der Waals surface area contributed by atoms with Crippen LogP contribution in [-0.2, 0) is 48.0 Å². The number of nitrogens with one attached hydrogen (secondary N) is 5. The van der Waals surface area contributed by atoms with Gasteiger partial charge in [0.05, 0.1) is 24.5 Å². The van der Waals surface area contributed by atoms with E-state index in [4.69, 9.17) is 17.2 Å². The van der Waals surface area contributed by atoms with E-state index in [2.05, 4.69) is 30.9 Å². The molecule has 0 saturated carbocycles. The number of rotatable bonds is 21. The highest BCUT2D eigenvalue weighted by Gasteiger charge is 2.40. The van der Waals surface area contributed by atoms with E-state index in [0.29, 0.717) is 31.5 Å². The lowest BCUT2D eigenvalue weighted by Crippen LogP contribution is -2.54. The summed E-state index contributed by atoms with van der Waals surface area (Å²) >= 11 is 0. The van der Waals surface area contributed by atoms with Gasteiger partial charge in [0, 0.05) is 73.6 Å². The molecule has 1 aliphatic heterocycles. The minimum absolute atomic E-state index is 0.0397. The molecule has 0 aliphatic carbocycles. The summed E-state index contributed by atoms with van der Waals surface area (Å²) < 4.78 is 0. The third-order valence-electron chi connectivity index (χ3n) is 10.2. The van der Waals surface area contributed by atoms with Gasteiger partial charge in [-0.05, 0) is 43.0 Å². The van der Waals surface area contributed by atoms with E-state index < -0.39 is 59.8 Å². The Bertz CT molecular complexity index is 1970. The first kappa shape index (κ1) is 41.3. The van der Waals surface area contributed by atoms with Crippen LogP contribution in [0.5, 0.6) is 0 Å². The first-order valence-electron chi connectivity index (χ1n) is 19.0. The van der Waals surface area contributed by atoms with E-state index in [9.17, 15) is 28.8 Å². The number of amides is 5. The van der Waals surface area contributed by atoms with Gasteiger partial charge in [0.15, 0.2) is 5.78 Å². The first-order chi connectivity index (χ1) is 26.9. The molecule has 6 atom stereocenters. The number of aromatic nitrogens is 3. The van der Waals surface area contributed by atoms with Crippen molar-refractivity contribution in [2.24, 2.45) is 23.1 Å². The molecule has 298 valence electrons. The molecule has 3 heterocycles. The van der Waals surface area contributed by atoms with Crippen LogP contribution in [0.15, 0.2) is 73.3 Å². The second-order valence-corrected chi connectivity index (χ2v) is 14.5. The third-order valence-corrected chi connectivity index (χ3v) is 10.2. The van der Waals surface area contributed by atoms with Gasteiger partial charge in [-0.25, -0.2) is 4.98 Å². The zero-order valence-electron chi connectivity index (χ0n) is 31.5. The molecule has 1 fully saturated rings. The van der Waals surface area contributed by atoms with E-state index >= 15 is 0 Å². The quantitative estimate of drug-likeness (QED) is 0.0549. The number of nitrogens with two attached hydrogens (primary N) is 3. The molecule has 2 aromatic carbocycles. The van der Waals surface area contributed by atoms with Gasteiger partial charge in [-0.3, -0.25) is 28.8 Å². The number of likely N-dealkylation sites (tertiary alicyclic amines) is 1. The lowest BCUT2D eigenvalue weighted by molar-refractivity contribution is -0.138. The van der Waals surface area contributed by atoms with E-state index in [1.807, 2.05) is 54.6 Å². The Hall–Kier alpha value is -5.87. The number of unbranched alkanes of at least 4 members (excludes halogenated alkanes) is 1. The molecule has 0 bridgehead atoms. The van der Waals surface area contributed by atoms with Crippen molar-refractivity contribution in [3.05, 3.63) is 90.1 Å². The Balaban J connectivity index is 1.24. The Kier molecular flexibility index (Phi) is 14.5. The predicted molar refractivity (Wildman–Crippen MR) is 209 cm³/mol. The van der Waals surface area contributed by atoms with E-state index in [1.165, 1.54) is 11.2 Å². The highest BCUT2D eigenvalue weighted by Crippen LogP contribution is 2.22. The number of para-hydroxylation sites is 1. The molecule has 11 N–H and O–H groups in total. The number of nitrogens with zero attached hydrogens (tertiary/aromatic N) is 2. The summed E-state index contributed by atoms with van der Waals surface area (Å²) in [4.78, 5) is 91.6. The summed E-state index contributed by atoms with van der Waals surface area (Å²) in [6.45, 7) is 2.08. The number of carbonyl (C=O) groups is 6. The minimum atomic E-state index is -0.981. The molecular weight excluding hydrogens is 717 g/mol. The fourth-order valence-corrected chi connectivity index (χ4v) is 7.01. The SMILES string of the molecule is C[C@H](CC(=O)[C@@H](Cc1c[nH]c2ccccc12)NC(=O)[C@@H](N)Cc1cnc[nH]1)C(=O)N[C@@H]1CC(=O)N([C@H](Cc2ccccc2)C(=O)N[C@@H](CCCCN)C(N)=O)C1. The number of hydrogen-bond donors (Lipinski definition) is 8. The topological polar surface area (TPSA) is 264 Å². The van der Waals surface area contributed by atoms with Crippen molar-refractivity contribution in [1.82, 2.24) is 35.8 Å². The number of hydrogen-bond acceptors (Lipinski definition) is 9. The number of imidazole rings is 1. The summed E-state index contributed by atoms with van der Waals surface area (Å²) in [7, 11) is 0. The number of carbonyl (C=O) groups excluding carboxylic acids is 6. The van der Waals surface area contributed by atoms with Crippen molar-refractivity contribution >= 4 is 46.2 Å². The molecule has 56 heavy (non-hydrogen) atoms. The zero-order chi connectivity index (χ0) is 40.2. The largest absolute Gasteiger partial charge is 0.368 e. The van der Waals surface area contributed by atoms with Gasteiger partial charge in [-0.1, -0.05) is 55.5 Å². The maximum absolute atomic E-state index is 13.9. The Labute approximate surface area is 325 Å². The molecular formula is C40H52N10O6. The lowest BCUT2D eigenvalue weighted by atomic mass is 9.94. The van der Waals surface area contributed by atoms with Gasteiger partial charge in [0.25, 0.3) is 0 Å². The number of Topliss-reactive ketones (excluding diaryl/α,β-unsaturated/α-hetero) is 1. The van der Waals surface area contributed by atoms with Gasteiger partial charge in [0.1, 0.15) is 12.1 Å². The van der Waals surface area contributed by atoms with Crippen molar-refractivity contribution in [3.8, 4) is 0 Å². The smallest absolute Gasteiger partial charge is 0.243 e. The number of benzene rings is 2. The Morgan fingerprint density at radius 2 is 1.64 bits per heavy atom. The van der Waals surface area contributed by atoms with Crippen LogP contribution in [0.4, 0.5) is 0 Å². The van der Waals surface area contributed by atoms with Crippen LogP contribution in [0, 0.1) is 5.92 Å². The first-order valence-corrected chi connectivity index (χ1v) is 19.0. The molecule has 0 unspecified atom stereocenters. The third kappa shape index (κ3) is 11.1. The predicted octanol–water partition coefficient (Wildman–Crippen LogP) is 0.511. The minimum Gasteiger partial charge on any atom is -0.368 e. The maximum Gasteiger partial charge on any atom is 0.243 e.